The zero-order valence-corrected chi connectivity index (χ0v) is 15.7. The Morgan fingerprint density at radius 1 is 1.07 bits per heavy atom. The Kier molecular flexibility index (Phi) is 5.21. The molecular weight excluding hydrogens is 338 g/mol. The maximum atomic E-state index is 12.7. The van der Waals surface area contributed by atoms with E-state index < -0.39 is 0 Å². The Bertz CT molecular complexity index is 957. The second-order valence-electron chi connectivity index (χ2n) is 7.29. The van der Waals surface area contributed by atoms with Crippen molar-refractivity contribution in [3.63, 3.8) is 0 Å². The highest BCUT2D eigenvalue weighted by molar-refractivity contribution is 5.76. The predicted molar refractivity (Wildman–Crippen MR) is 107 cm³/mol. The molecule has 1 saturated heterocycles. The number of rotatable bonds is 5. The van der Waals surface area contributed by atoms with Crippen molar-refractivity contribution in [3.05, 3.63) is 70.8 Å². The minimum absolute atomic E-state index is 0.0706. The number of hydrogen-bond donors (Lipinski definition) is 0. The van der Waals surface area contributed by atoms with Crippen LogP contribution in [0.15, 0.2) is 59.7 Å². The van der Waals surface area contributed by atoms with Gasteiger partial charge in [-0.2, -0.15) is 0 Å². The average Bonchev–Trinajstić information content (AvgIpc) is 2.72. The summed E-state index contributed by atoms with van der Waals surface area (Å²) < 4.78 is 7.00. The van der Waals surface area contributed by atoms with Crippen molar-refractivity contribution < 1.29 is 4.74 Å². The van der Waals surface area contributed by atoms with Gasteiger partial charge in [0.25, 0.3) is 5.56 Å². The van der Waals surface area contributed by atoms with Crippen LogP contribution in [0.2, 0.25) is 0 Å². The van der Waals surface area contributed by atoms with Gasteiger partial charge in [-0.1, -0.05) is 24.3 Å². The minimum Gasteiger partial charge on any atom is -0.497 e. The highest BCUT2D eigenvalue weighted by atomic mass is 16.5. The third kappa shape index (κ3) is 4.03. The molecule has 0 spiro atoms. The van der Waals surface area contributed by atoms with Crippen LogP contribution in [0, 0.1) is 5.92 Å². The van der Waals surface area contributed by atoms with Gasteiger partial charge in [0, 0.05) is 13.1 Å². The molecule has 140 valence electrons. The molecule has 0 aliphatic carbocycles. The number of methoxy groups -OCH3 is 1. The maximum Gasteiger partial charge on any atom is 0.261 e. The van der Waals surface area contributed by atoms with Gasteiger partial charge in [0.2, 0.25) is 0 Å². The van der Waals surface area contributed by atoms with E-state index in [1.165, 1.54) is 5.56 Å². The summed E-state index contributed by atoms with van der Waals surface area (Å²) in [6, 6.07) is 15.8. The Morgan fingerprint density at radius 3 is 2.56 bits per heavy atom. The quantitative estimate of drug-likeness (QED) is 0.698. The molecule has 5 heteroatoms. The van der Waals surface area contributed by atoms with E-state index in [0.717, 1.165) is 50.3 Å². The predicted octanol–water partition coefficient (Wildman–Crippen LogP) is 3.32. The Morgan fingerprint density at radius 2 is 1.81 bits per heavy atom. The molecule has 1 aromatic heterocycles. The van der Waals surface area contributed by atoms with E-state index in [-0.39, 0.29) is 5.56 Å². The lowest BCUT2D eigenvalue weighted by Crippen LogP contribution is -2.36. The van der Waals surface area contributed by atoms with E-state index in [0.29, 0.717) is 11.3 Å². The summed E-state index contributed by atoms with van der Waals surface area (Å²) >= 11 is 0. The van der Waals surface area contributed by atoms with Gasteiger partial charge in [-0.15, -0.1) is 0 Å². The standard InChI is InChI=1S/C22H25N3O2/c1-27-19-8-6-17(7-9-19)14-24-12-10-18(11-13-24)15-25-16-23-21-5-3-2-4-20(21)22(25)26/h2-9,16,18H,10-15H2,1H3. The summed E-state index contributed by atoms with van der Waals surface area (Å²) in [5, 5.41) is 0.706. The smallest absolute Gasteiger partial charge is 0.261 e. The molecule has 1 aliphatic heterocycles. The largest absolute Gasteiger partial charge is 0.497 e. The molecule has 0 saturated carbocycles. The molecule has 0 atom stereocenters. The van der Waals surface area contributed by atoms with Crippen LogP contribution in [0.25, 0.3) is 10.9 Å². The molecule has 1 aliphatic rings. The van der Waals surface area contributed by atoms with E-state index in [1.807, 2.05) is 36.4 Å². The average molecular weight is 363 g/mol. The first-order valence-corrected chi connectivity index (χ1v) is 9.52. The highest BCUT2D eigenvalue weighted by Crippen LogP contribution is 2.21. The number of likely N-dealkylation sites (tertiary alicyclic amines) is 1. The van der Waals surface area contributed by atoms with Crippen molar-refractivity contribution in [2.24, 2.45) is 5.92 Å². The van der Waals surface area contributed by atoms with Crippen molar-refractivity contribution in [3.8, 4) is 5.75 Å². The lowest BCUT2D eigenvalue weighted by molar-refractivity contribution is 0.166. The first kappa shape index (κ1) is 17.7. The van der Waals surface area contributed by atoms with Gasteiger partial charge in [-0.3, -0.25) is 14.3 Å². The number of aromatic nitrogens is 2. The molecule has 27 heavy (non-hydrogen) atoms. The lowest BCUT2D eigenvalue weighted by atomic mass is 9.96. The van der Waals surface area contributed by atoms with Crippen molar-refractivity contribution >= 4 is 10.9 Å². The zero-order chi connectivity index (χ0) is 18.6. The second kappa shape index (κ2) is 7.92. The molecule has 0 radical (unpaired) electrons. The first-order valence-electron chi connectivity index (χ1n) is 9.52. The number of piperidine rings is 1. The zero-order valence-electron chi connectivity index (χ0n) is 15.7. The molecule has 0 amide bonds. The molecule has 0 bridgehead atoms. The van der Waals surface area contributed by atoms with Crippen molar-refractivity contribution in [1.29, 1.82) is 0 Å². The Balaban J connectivity index is 1.35. The van der Waals surface area contributed by atoms with Crippen LogP contribution in [-0.4, -0.2) is 34.7 Å². The number of benzene rings is 2. The van der Waals surface area contributed by atoms with Crippen LogP contribution in [0.1, 0.15) is 18.4 Å². The Labute approximate surface area is 159 Å². The van der Waals surface area contributed by atoms with Gasteiger partial charge < -0.3 is 4.74 Å². The topological polar surface area (TPSA) is 47.4 Å². The summed E-state index contributed by atoms with van der Waals surface area (Å²) in [6.45, 7) is 3.85. The van der Waals surface area contributed by atoms with Gasteiger partial charge in [0.1, 0.15) is 5.75 Å². The summed E-state index contributed by atoms with van der Waals surface area (Å²) in [6.07, 6.45) is 3.92. The number of fused-ring (bicyclic) bond motifs is 1. The third-order valence-corrected chi connectivity index (χ3v) is 5.46. The van der Waals surface area contributed by atoms with E-state index in [4.69, 9.17) is 4.74 Å². The third-order valence-electron chi connectivity index (χ3n) is 5.46. The Hall–Kier alpha value is -2.66. The lowest BCUT2D eigenvalue weighted by Gasteiger charge is -2.32. The fourth-order valence-electron chi connectivity index (χ4n) is 3.83. The summed E-state index contributed by atoms with van der Waals surface area (Å²) in [5.41, 5.74) is 2.15. The molecule has 3 aromatic rings. The van der Waals surface area contributed by atoms with Gasteiger partial charge in [-0.25, -0.2) is 4.98 Å². The fourth-order valence-corrected chi connectivity index (χ4v) is 3.83. The fraction of sp³-hybridized carbons (Fsp3) is 0.364. The van der Waals surface area contributed by atoms with Crippen molar-refractivity contribution in [1.82, 2.24) is 14.5 Å². The van der Waals surface area contributed by atoms with Gasteiger partial charge in [0.05, 0.1) is 24.3 Å². The van der Waals surface area contributed by atoms with E-state index in [1.54, 1.807) is 18.0 Å². The molecule has 2 heterocycles. The van der Waals surface area contributed by atoms with Crippen LogP contribution < -0.4 is 10.3 Å². The van der Waals surface area contributed by atoms with Gasteiger partial charge in [-0.05, 0) is 61.7 Å². The van der Waals surface area contributed by atoms with Crippen LogP contribution in [0.3, 0.4) is 0 Å². The van der Waals surface area contributed by atoms with E-state index in [2.05, 4.69) is 22.0 Å². The van der Waals surface area contributed by atoms with Crippen molar-refractivity contribution in [2.75, 3.05) is 20.2 Å². The van der Waals surface area contributed by atoms with Gasteiger partial charge >= 0.3 is 0 Å². The molecule has 0 unspecified atom stereocenters. The summed E-state index contributed by atoms with van der Waals surface area (Å²) in [5.74, 6) is 1.42. The number of ether oxygens (including phenoxy) is 1. The van der Waals surface area contributed by atoms with Crippen LogP contribution in [-0.2, 0) is 13.1 Å². The van der Waals surface area contributed by atoms with Crippen LogP contribution >= 0.6 is 0 Å². The first-order chi connectivity index (χ1) is 13.2. The van der Waals surface area contributed by atoms with Crippen LogP contribution in [0.5, 0.6) is 5.75 Å². The molecule has 2 aromatic carbocycles. The molecule has 0 N–H and O–H groups in total. The van der Waals surface area contributed by atoms with Gasteiger partial charge in [0.15, 0.2) is 0 Å². The minimum atomic E-state index is 0.0706. The molecule has 5 nitrogen and oxygen atoms in total. The normalized spacial score (nSPS) is 15.9. The monoisotopic (exact) mass is 363 g/mol. The number of hydrogen-bond acceptors (Lipinski definition) is 4. The summed E-state index contributed by atoms with van der Waals surface area (Å²) in [7, 11) is 1.69. The maximum absolute atomic E-state index is 12.7. The molecule has 4 rings (SSSR count). The SMILES string of the molecule is COc1ccc(CN2CCC(Cn3cnc4ccccc4c3=O)CC2)cc1. The summed E-state index contributed by atoms with van der Waals surface area (Å²) in [4.78, 5) is 19.6. The van der Waals surface area contributed by atoms with E-state index >= 15 is 0 Å². The molecule has 1 fully saturated rings. The second-order valence-corrected chi connectivity index (χ2v) is 7.29. The number of para-hydroxylation sites is 1. The highest BCUT2D eigenvalue weighted by Gasteiger charge is 2.20. The molecular formula is C22H25N3O2. The van der Waals surface area contributed by atoms with Crippen molar-refractivity contribution in [2.45, 2.75) is 25.9 Å². The van der Waals surface area contributed by atoms with Crippen LogP contribution in [0.4, 0.5) is 0 Å². The number of nitrogens with zero attached hydrogens (tertiary/aromatic N) is 3. The van der Waals surface area contributed by atoms with E-state index in [9.17, 15) is 4.79 Å².